The van der Waals surface area contributed by atoms with Gasteiger partial charge in [-0.1, -0.05) is 36.4 Å². The Kier molecular flexibility index (Phi) is 3.89. The number of nitrogens with zero attached hydrogens (tertiary/aromatic N) is 1. The maximum absolute atomic E-state index is 14.0. The Bertz CT molecular complexity index is 1040. The molecule has 0 atom stereocenters. The van der Waals surface area contributed by atoms with E-state index in [1.165, 1.54) is 6.07 Å². The third-order valence-corrected chi connectivity index (χ3v) is 4.86. The minimum Gasteiger partial charge on any atom is -0.342 e. The average Bonchev–Trinajstić information content (AvgIpc) is 3.10. The summed E-state index contributed by atoms with van der Waals surface area (Å²) in [5, 5.41) is 2.82. The Balaban J connectivity index is 1.79. The standard InChI is InChI=1S/C19H13FN2O2S/c20-15-7-3-1-5-12(15)10-22-11-13(14-6-2-4-8-16(14)22)9-17-18(23)21-19(24)25-17/h1-9,11H,10H2,(H,21,23,24)/b17-9-. The van der Waals surface area contributed by atoms with Crippen LogP contribution in [0.5, 0.6) is 0 Å². The summed E-state index contributed by atoms with van der Waals surface area (Å²) in [4.78, 5) is 23.5. The zero-order valence-electron chi connectivity index (χ0n) is 13.0. The van der Waals surface area contributed by atoms with Gasteiger partial charge >= 0.3 is 0 Å². The third-order valence-electron chi connectivity index (χ3n) is 4.05. The number of thioether (sulfide) groups is 1. The van der Waals surface area contributed by atoms with Gasteiger partial charge in [0.2, 0.25) is 0 Å². The van der Waals surface area contributed by atoms with Gasteiger partial charge in [0.1, 0.15) is 5.82 Å². The molecule has 0 unspecified atom stereocenters. The minimum absolute atomic E-state index is 0.253. The summed E-state index contributed by atoms with van der Waals surface area (Å²) in [5.41, 5.74) is 2.34. The molecule has 0 saturated carbocycles. The van der Waals surface area contributed by atoms with Crippen LogP contribution >= 0.6 is 11.8 Å². The van der Waals surface area contributed by atoms with Gasteiger partial charge in [0.25, 0.3) is 11.1 Å². The van der Waals surface area contributed by atoms with Crippen molar-refractivity contribution in [3.05, 3.63) is 76.6 Å². The Labute approximate surface area is 147 Å². The first-order valence-corrected chi connectivity index (χ1v) is 8.49. The summed E-state index contributed by atoms with van der Waals surface area (Å²) in [5.74, 6) is -0.641. The number of benzene rings is 2. The highest BCUT2D eigenvalue weighted by atomic mass is 32.2. The number of hydrogen-bond acceptors (Lipinski definition) is 3. The summed E-state index contributed by atoms with van der Waals surface area (Å²) in [6, 6.07) is 14.4. The quantitative estimate of drug-likeness (QED) is 0.721. The van der Waals surface area contributed by atoms with E-state index < -0.39 is 0 Å². The Hall–Kier alpha value is -2.86. The molecular weight excluding hydrogens is 339 g/mol. The topological polar surface area (TPSA) is 51.1 Å². The van der Waals surface area contributed by atoms with Gasteiger partial charge in [0.15, 0.2) is 0 Å². The number of halogens is 1. The Morgan fingerprint density at radius 2 is 1.84 bits per heavy atom. The van der Waals surface area contributed by atoms with Gasteiger partial charge in [0.05, 0.1) is 11.4 Å². The number of amides is 2. The number of para-hydroxylation sites is 1. The van der Waals surface area contributed by atoms with Crippen molar-refractivity contribution < 1.29 is 14.0 Å². The molecule has 2 heterocycles. The highest BCUT2D eigenvalue weighted by molar-refractivity contribution is 8.18. The molecule has 1 aliphatic heterocycles. The first-order chi connectivity index (χ1) is 12.1. The summed E-state index contributed by atoms with van der Waals surface area (Å²) in [6.07, 6.45) is 3.58. The van der Waals surface area contributed by atoms with Crippen LogP contribution in [0.3, 0.4) is 0 Å². The van der Waals surface area contributed by atoms with Gasteiger partial charge in [0, 0.05) is 28.2 Å². The lowest BCUT2D eigenvalue weighted by Crippen LogP contribution is -2.17. The van der Waals surface area contributed by atoms with Crippen molar-refractivity contribution in [3.8, 4) is 0 Å². The molecule has 2 amide bonds. The zero-order chi connectivity index (χ0) is 17.4. The van der Waals surface area contributed by atoms with Gasteiger partial charge in [-0.2, -0.15) is 0 Å². The lowest BCUT2D eigenvalue weighted by atomic mass is 10.1. The minimum atomic E-state index is -0.388. The molecule has 0 spiro atoms. The van der Waals surface area contributed by atoms with Crippen LogP contribution in [-0.2, 0) is 11.3 Å². The first-order valence-electron chi connectivity index (χ1n) is 7.68. The van der Waals surface area contributed by atoms with E-state index in [1.54, 1.807) is 24.3 Å². The van der Waals surface area contributed by atoms with E-state index >= 15 is 0 Å². The van der Waals surface area contributed by atoms with E-state index in [2.05, 4.69) is 5.32 Å². The predicted octanol–water partition coefficient (Wildman–Crippen LogP) is 4.15. The number of fused-ring (bicyclic) bond motifs is 1. The van der Waals surface area contributed by atoms with Crippen LogP contribution in [0.15, 0.2) is 59.6 Å². The van der Waals surface area contributed by atoms with E-state index in [9.17, 15) is 14.0 Å². The first kappa shape index (κ1) is 15.7. The molecule has 0 radical (unpaired) electrons. The molecule has 1 aromatic heterocycles. The summed E-state index contributed by atoms with van der Waals surface area (Å²) in [7, 11) is 0. The van der Waals surface area contributed by atoms with Gasteiger partial charge in [-0.3, -0.25) is 14.9 Å². The van der Waals surface area contributed by atoms with Crippen molar-refractivity contribution in [2.75, 3.05) is 0 Å². The number of nitrogens with one attached hydrogen (secondary N) is 1. The van der Waals surface area contributed by atoms with E-state index in [0.717, 1.165) is 28.2 Å². The predicted molar refractivity (Wildman–Crippen MR) is 96.5 cm³/mol. The lowest BCUT2D eigenvalue weighted by Gasteiger charge is -2.06. The van der Waals surface area contributed by atoms with E-state index in [-0.39, 0.29) is 17.0 Å². The van der Waals surface area contributed by atoms with Crippen LogP contribution in [0.4, 0.5) is 9.18 Å². The van der Waals surface area contributed by atoms with Crippen molar-refractivity contribution in [2.24, 2.45) is 0 Å². The largest absolute Gasteiger partial charge is 0.342 e. The van der Waals surface area contributed by atoms with Gasteiger partial charge < -0.3 is 4.57 Å². The van der Waals surface area contributed by atoms with Crippen molar-refractivity contribution in [1.82, 2.24) is 9.88 Å². The summed E-state index contributed by atoms with van der Waals surface area (Å²) in [6.45, 7) is 0.384. The van der Waals surface area contributed by atoms with Crippen LogP contribution in [0.1, 0.15) is 11.1 Å². The number of imide groups is 1. The molecule has 2 aromatic carbocycles. The van der Waals surface area contributed by atoms with Crippen LogP contribution in [0, 0.1) is 5.82 Å². The lowest BCUT2D eigenvalue weighted by molar-refractivity contribution is -0.115. The molecule has 1 aliphatic rings. The number of rotatable bonds is 3. The normalized spacial score (nSPS) is 16.0. The van der Waals surface area contributed by atoms with E-state index in [1.807, 2.05) is 35.0 Å². The molecule has 4 rings (SSSR count). The molecule has 1 N–H and O–H groups in total. The summed E-state index contributed by atoms with van der Waals surface area (Å²) >= 11 is 0.885. The van der Waals surface area contributed by atoms with Crippen LogP contribution in [0.2, 0.25) is 0 Å². The number of carbonyl (C=O) groups excluding carboxylic acids is 2. The van der Waals surface area contributed by atoms with Crippen molar-refractivity contribution in [3.63, 3.8) is 0 Å². The highest BCUT2D eigenvalue weighted by Crippen LogP contribution is 2.30. The Morgan fingerprint density at radius 1 is 1.08 bits per heavy atom. The number of carbonyl (C=O) groups is 2. The number of hydrogen-bond donors (Lipinski definition) is 1. The molecule has 0 bridgehead atoms. The second-order valence-electron chi connectivity index (χ2n) is 5.67. The van der Waals surface area contributed by atoms with Crippen LogP contribution in [-0.4, -0.2) is 15.7 Å². The van der Waals surface area contributed by atoms with Crippen molar-refractivity contribution in [2.45, 2.75) is 6.54 Å². The summed E-state index contributed by atoms with van der Waals surface area (Å²) < 4.78 is 15.9. The fourth-order valence-corrected chi connectivity index (χ4v) is 3.57. The maximum Gasteiger partial charge on any atom is 0.290 e. The van der Waals surface area contributed by atoms with Crippen LogP contribution in [0.25, 0.3) is 17.0 Å². The zero-order valence-corrected chi connectivity index (χ0v) is 13.8. The molecular formula is C19H13FN2O2S. The third kappa shape index (κ3) is 2.96. The van der Waals surface area contributed by atoms with Crippen molar-refractivity contribution >= 4 is 39.9 Å². The number of aromatic nitrogens is 1. The molecule has 4 nitrogen and oxygen atoms in total. The molecule has 3 aromatic rings. The molecule has 124 valence electrons. The van der Waals surface area contributed by atoms with Crippen LogP contribution < -0.4 is 5.32 Å². The fourth-order valence-electron chi connectivity index (χ4n) is 2.89. The maximum atomic E-state index is 14.0. The van der Waals surface area contributed by atoms with E-state index in [4.69, 9.17) is 0 Å². The molecule has 6 heteroatoms. The monoisotopic (exact) mass is 352 g/mol. The average molecular weight is 352 g/mol. The fraction of sp³-hybridized carbons (Fsp3) is 0.0526. The second-order valence-corrected chi connectivity index (χ2v) is 6.69. The molecule has 25 heavy (non-hydrogen) atoms. The second kappa shape index (κ2) is 6.22. The SMILES string of the molecule is O=C1NC(=O)/C(=C/c2cn(Cc3ccccc3F)c3ccccc23)S1. The van der Waals surface area contributed by atoms with Gasteiger partial charge in [-0.05, 0) is 30.0 Å². The van der Waals surface area contributed by atoms with Gasteiger partial charge in [-0.25, -0.2) is 4.39 Å². The highest BCUT2D eigenvalue weighted by Gasteiger charge is 2.25. The van der Waals surface area contributed by atoms with E-state index in [0.29, 0.717) is 17.0 Å². The van der Waals surface area contributed by atoms with Gasteiger partial charge in [-0.15, -0.1) is 0 Å². The Morgan fingerprint density at radius 3 is 2.60 bits per heavy atom. The molecule has 0 aliphatic carbocycles. The molecule has 1 saturated heterocycles. The molecule has 1 fully saturated rings. The van der Waals surface area contributed by atoms with Crippen molar-refractivity contribution in [1.29, 1.82) is 0 Å². The smallest absolute Gasteiger partial charge is 0.290 e.